The van der Waals surface area contributed by atoms with Gasteiger partial charge in [-0.05, 0) is 77.4 Å². The van der Waals surface area contributed by atoms with Crippen molar-refractivity contribution in [2.75, 3.05) is 4.90 Å². The first-order valence-corrected chi connectivity index (χ1v) is 21.5. The molecular weight excluding hydrogens is 769 g/mol. The minimum absolute atomic E-state index is 0.137. The number of aromatic nitrogens is 5. The zero-order valence-corrected chi connectivity index (χ0v) is 34.1. The molecule has 0 radical (unpaired) electrons. The average molecular weight is 807 g/mol. The van der Waals surface area contributed by atoms with Crippen molar-refractivity contribution in [3.8, 4) is 34.4 Å². The molecule has 2 aliphatic rings. The predicted molar refractivity (Wildman–Crippen MR) is 258 cm³/mol. The maximum atomic E-state index is 5.13. The van der Waals surface area contributed by atoms with E-state index < -0.39 is 0 Å². The highest BCUT2D eigenvalue weighted by Crippen LogP contribution is 2.50. The van der Waals surface area contributed by atoms with Crippen LogP contribution < -0.4 is 4.90 Å². The fraction of sp³-hybridized carbons (Fsp3) is 0.0351. The van der Waals surface area contributed by atoms with Crippen molar-refractivity contribution in [3.63, 3.8) is 0 Å². The Hall–Kier alpha value is -8.35. The number of benzene rings is 8. The van der Waals surface area contributed by atoms with E-state index in [1.54, 1.807) is 0 Å². The second kappa shape index (κ2) is 14.1. The maximum Gasteiger partial charge on any atom is 0.238 e. The number of hydrogen-bond donors (Lipinski definition) is 0. The van der Waals surface area contributed by atoms with Crippen LogP contribution in [0.1, 0.15) is 17.0 Å². The summed E-state index contributed by atoms with van der Waals surface area (Å²) in [5.74, 6) is 2.04. The van der Waals surface area contributed by atoms with E-state index >= 15 is 0 Å². The molecule has 0 N–H and O–H groups in total. The standard InChI is InChI=1S/C57H38N6/c1-4-16-37(17-5-1)55-58-56(38-18-6-2-7-19-38)60-57(59-55)63-51-27-15-12-23-44(51)47-35-40(29-32-54(47)63)39-28-31-52-46(34-39)43-22-10-14-26-50(43)62(52)42-30-33-53-48(36-42)45-24-11-13-25-49(45)61(53)41-20-8-3-9-21-41/h1-36,46,52H. The second-order valence-corrected chi connectivity index (χ2v) is 16.4. The van der Waals surface area contributed by atoms with Crippen molar-refractivity contribution in [2.24, 2.45) is 0 Å². The van der Waals surface area contributed by atoms with Gasteiger partial charge < -0.3 is 9.47 Å². The van der Waals surface area contributed by atoms with E-state index in [1.165, 1.54) is 55.6 Å². The Morgan fingerprint density at radius 1 is 0.397 bits per heavy atom. The van der Waals surface area contributed by atoms with E-state index in [1.807, 2.05) is 60.7 Å². The molecule has 0 fully saturated rings. The summed E-state index contributed by atoms with van der Waals surface area (Å²) in [4.78, 5) is 17.8. The van der Waals surface area contributed by atoms with Crippen LogP contribution in [0.2, 0.25) is 0 Å². The molecule has 0 saturated heterocycles. The van der Waals surface area contributed by atoms with Crippen LogP contribution in [0.5, 0.6) is 0 Å². The maximum absolute atomic E-state index is 5.13. The molecule has 6 nitrogen and oxygen atoms in total. The van der Waals surface area contributed by atoms with Crippen LogP contribution in [-0.4, -0.2) is 30.1 Å². The molecule has 0 amide bonds. The Labute approximate surface area is 364 Å². The lowest BCUT2D eigenvalue weighted by Crippen LogP contribution is -2.28. The Morgan fingerprint density at radius 2 is 0.952 bits per heavy atom. The molecule has 3 aromatic heterocycles. The monoisotopic (exact) mass is 806 g/mol. The van der Waals surface area contributed by atoms with Crippen molar-refractivity contribution < 1.29 is 0 Å². The molecule has 6 heteroatoms. The molecule has 296 valence electrons. The first-order valence-electron chi connectivity index (χ1n) is 21.5. The van der Waals surface area contributed by atoms with Crippen molar-refractivity contribution >= 4 is 60.6 Å². The van der Waals surface area contributed by atoms with Crippen molar-refractivity contribution in [1.29, 1.82) is 0 Å². The third kappa shape index (κ3) is 5.62. The Morgan fingerprint density at radius 3 is 1.67 bits per heavy atom. The van der Waals surface area contributed by atoms with Crippen LogP contribution in [0.25, 0.3) is 83.6 Å². The average Bonchev–Trinajstić information content (AvgIpc) is 3.99. The van der Waals surface area contributed by atoms with Crippen LogP contribution in [0.4, 0.5) is 11.4 Å². The number of para-hydroxylation sites is 4. The zero-order valence-electron chi connectivity index (χ0n) is 34.1. The smallest absolute Gasteiger partial charge is 0.238 e. The van der Waals surface area contributed by atoms with Crippen LogP contribution >= 0.6 is 0 Å². The molecule has 0 saturated carbocycles. The topological polar surface area (TPSA) is 51.8 Å². The highest BCUT2D eigenvalue weighted by molar-refractivity contribution is 6.11. The van der Waals surface area contributed by atoms with E-state index in [0.29, 0.717) is 17.6 Å². The van der Waals surface area contributed by atoms with Crippen LogP contribution in [0.3, 0.4) is 0 Å². The van der Waals surface area contributed by atoms with E-state index in [4.69, 9.17) is 15.0 Å². The Bertz CT molecular complexity index is 3580. The number of nitrogens with zero attached hydrogens (tertiary/aromatic N) is 6. The normalized spacial score (nSPS) is 15.6. The van der Waals surface area contributed by atoms with Crippen LogP contribution in [0, 0.1) is 0 Å². The first kappa shape index (κ1) is 35.4. The lowest BCUT2D eigenvalue weighted by molar-refractivity contribution is 0.747. The number of fused-ring (bicyclic) bond motifs is 9. The zero-order chi connectivity index (χ0) is 41.4. The van der Waals surface area contributed by atoms with Crippen molar-refractivity contribution in [2.45, 2.75) is 12.0 Å². The lowest BCUT2D eigenvalue weighted by Gasteiger charge is -2.30. The molecule has 63 heavy (non-hydrogen) atoms. The van der Waals surface area contributed by atoms with Crippen LogP contribution in [-0.2, 0) is 0 Å². The summed E-state index contributed by atoms with van der Waals surface area (Å²) in [5, 5.41) is 4.81. The van der Waals surface area contributed by atoms with Gasteiger partial charge in [-0.3, -0.25) is 4.57 Å². The van der Waals surface area contributed by atoms with E-state index in [2.05, 4.69) is 172 Å². The largest absolute Gasteiger partial charge is 0.333 e. The Kier molecular flexibility index (Phi) is 7.93. The van der Waals surface area contributed by atoms with E-state index in [-0.39, 0.29) is 12.0 Å². The van der Waals surface area contributed by atoms with Crippen LogP contribution in [0.15, 0.2) is 218 Å². The predicted octanol–water partition coefficient (Wildman–Crippen LogP) is 13.7. The Balaban J connectivity index is 0.911. The summed E-state index contributed by atoms with van der Waals surface area (Å²) >= 11 is 0. The molecule has 1 aliphatic heterocycles. The SMILES string of the molecule is C1=CC2C(C=C1c1ccc3c(c1)c1ccccc1n3-c1nc(-c3ccccc3)nc(-c3ccccc3)n1)c1ccccc1N2c1ccc2c(c1)c1ccccc1n2-c1ccccc1. The highest BCUT2D eigenvalue weighted by Gasteiger charge is 2.38. The van der Waals surface area contributed by atoms with E-state index in [9.17, 15) is 0 Å². The molecule has 0 bridgehead atoms. The molecule has 11 aromatic rings. The molecule has 8 aromatic carbocycles. The van der Waals surface area contributed by atoms with Gasteiger partial charge in [-0.2, -0.15) is 9.97 Å². The van der Waals surface area contributed by atoms with E-state index in [0.717, 1.165) is 32.9 Å². The fourth-order valence-corrected chi connectivity index (χ4v) is 10.1. The van der Waals surface area contributed by atoms with Gasteiger partial charge in [0.2, 0.25) is 5.95 Å². The molecule has 1 aliphatic carbocycles. The third-order valence-corrected chi connectivity index (χ3v) is 12.9. The summed E-state index contributed by atoms with van der Waals surface area (Å²) in [6.07, 6.45) is 7.21. The summed E-state index contributed by atoms with van der Waals surface area (Å²) < 4.78 is 4.57. The summed E-state index contributed by atoms with van der Waals surface area (Å²) in [6, 6.07) is 71.2. The second-order valence-electron chi connectivity index (χ2n) is 16.4. The number of hydrogen-bond acceptors (Lipinski definition) is 4. The van der Waals surface area contributed by atoms with Gasteiger partial charge in [0.25, 0.3) is 0 Å². The van der Waals surface area contributed by atoms with Gasteiger partial charge in [0.05, 0.1) is 28.1 Å². The molecular formula is C57H38N6. The third-order valence-electron chi connectivity index (χ3n) is 12.9. The van der Waals surface area contributed by atoms with Gasteiger partial charge >= 0.3 is 0 Å². The molecule has 2 atom stereocenters. The van der Waals surface area contributed by atoms with Gasteiger partial charge in [-0.15, -0.1) is 0 Å². The molecule has 2 unspecified atom stereocenters. The summed E-state index contributed by atoms with van der Waals surface area (Å²) in [5.41, 5.74) is 13.7. The van der Waals surface area contributed by atoms with Gasteiger partial charge in [0, 0.05) is 55.7 Å². The number of allylic oxidation sites excluding steroid dienone is 2. The van der Waals surface area contributed by atoms with Gasteiger partial charge in [0.15, 0.2) is 11.6 Å². The van der Waals surface area contributed by atoms with Gasteiger partial charge in [0.1, 0.15) is 0 Å². The van der Waals surface area contributed by atoms with Gasteiger partial charge in [-0.25, -0.2) is 4.98 Å². The fourth-order valence-electron chi connectivity index (χ4n) is 10.1. The van der Waals surface area contributed by atoms with Crippen molar-refractivity contribution in [3.05, 3.63) is 230 Å². The van der Waals surface area contributed by atoms with Crippen molar-refractivity contribution in [1.82, 2.24) is 24.1 Å². The molecule has 0 spiro atoms. The minimum atomic E-state index is 0.137. The molecule has 4 heterocycles. The lowest BCUT2D eigenvalue weighted by atomic mass is 9.86. The minimum Gasteiger partial charge on any atom is -0.333 e. The first-order chi connectivity index (χ1) is 31.2. The quantitative estimate of drug-likeness (QED) is 0.168. The highest BCUT2D eigenvalue weighted by atomic mass is 15.2. The van der Waals surface area contributed by atoms with Gasteiger partial charge in [-0.1, -0.05) is 158 Å². The number of anilines is 2. The summed E-state index contributed by atoms with van der Waals surface area (Å²) in [6.45, 7) is 0. The molecule has 13 rings (SSSR count). The number of rotatable bonds is 6. The summed E-state index contributed by atoms with van der Waals surface area (Å²) in [7, 11) is 0.